The van der Waals surface area contributed by atoms with E-state index in [4.69, 9.17) is 16.3 Å². The molecule has 1 heterocycles. The Morgan fingerprint density at radius 1 is 1.36 bits per heavy atom. The fourth-order valence-electron chi connectivity index (χ4n) is 2.47. The topological polar surface area (TPSA) is 109 Å². The summed E-state index contributed by atoms with van der Waals surface area (Å²) in [5.41, 5.74) is -0.0523. The number of ether oxygens (including phenoxy) is 1. The maximum absolute atomic E-state index is 12.8. The van der Waals surface area contributed by atoms with Crippen LogP contribution in [0.2, 0.25) is 5.02 Å². The second-order valence-electron chi connectivity index (χ2n) is 6.08. The minimum absolute atomic E-state index is 0.0745. The Balaban J connectivity index is 2.45. The zero-order chi connectivity index (χ0) is 20.9. The highest BCUT2D eigenvalue weighted by atomic mass is 35.5. The summed E-state index contributed by atoms with van der Waals surface area (Å²) in [5, 5.41) is 9.37. The van der Waals surface area contributed by atoms with Gasteiger partial charge in [-0.25, -0.2) is 18.2 Å². The van der Waals surface area contributed by atoms with Crippen LogP contribution in [0.3, 0.4) is 0 Å². The molecule has 0 bridgehead atoms. The summed E-state index contributed by atoms with van der Waals surface area (Å²) in [7, 11) is -0.839. The molecule has 0 aliphatic carbocycles. The van der Waals surface area contributed by atoms with Crippen molar-refractivity contribution in [1.82, 2.24) is 4.98 Å². The SMILES string of the molecule is CCCCN(C)c1ncc(C(=O)O)cc1NS(=O)(=O)c1ccc(OC)c(Cl)c1. The molecular formula is C18H22ClN3O5S. The van der Waals surface area contributed by atoms with Crippen molar-refractivity contribution in [3.8, 4) is 5.75 Å². The van der Waals surface area contributed by atoms with Crippen molar-refractivity contribution in [1.29, 1.82) is 0 Å². The highest BCUT2D eigenvalue weighted by Gasteiger charge is 2.21. The first-order valence-electron chi connectivity index (χ1n) is 8.50. The van der Waals surface area contributed by atoms with Crippen molar-refractivity contribution in [2.75, 3.05) is 30.3 Å². The molecule has 8 nitrogen and oxygen atoms in total. The fourth-order valence-corrected chi connectivity index (χ4v) is 3.87. The standard InChI is InChI=1S/C18H22ClN3O5S/c1-4-5-8-22(2)17-15(9-12(11-20-17)18(23)24)21-28(25,26)13-6-7-16(27-3)14(19)10-13/h6-7,9-11,21H,4-5,8H2,1-3H3,(H,23,24). The second kappa shape index (κ2) is 9.11. The van der Waals surface area contributed by atoms with Crippen LogP contribution in [0.4, 0.5) is 11.5 Å². The number of benzene rings is 1. The first-order valence-corrected chi connectivity index (χ1v) is 10.4. The number of nitrogens with zero attached hydrogens (tertiary/aromatic N) is 2. The number of rotatable bonds is 9. The summed E-state index contributed by atoms with van der Waals surface area (Å²) < 4.78 is 33.1. The molecule has 2 aromatic rings. The number of aromatic carboxylic acids is 1. The van der Waals surface area contributed by atoms with E-state index in [0.717, 1.165) is 12.8 Å². The Hall–Kier alpha value is -2.52. The van der Waals surface area contributed by atoms with Gasteiger partial charge in [-0.05, 0) is 30.7 Å². The monoisotopic (exact) mass is 427 g/mol. The number of carbonyl (C=O) groups is 1. The van der Waals surface area contributed by atoms with Crippen LogP contribution in [0.5, 0.6) is 5.75 Å². The number of carboxylic acids is 1. The molecule has 0 atom stereocenters. The number of halogens is 1. The quantitative estimate of drug-likeness (QED) is 0.630. The van der Waals surface area contributed by atoms with Gasteiger partial charge >= 0.3 is 5.97 Å². The van der Waals surface area contributed by atoms with E-state index in [1.807, 2.05) is 6.92 Å². The molecule has 0 amide bonds. The van der Waals surface area contributed by atoms with Gasteiger partial charge in [-0.2, -0.15) is 0 Å². The van der Waals surface area contributed by atoms with E-state index in [1.54, 1.807) is 11.9 Å². The lowest BCUT2D eigenvalue weighted by atomic mass is 10.2. The average molecular weight is 428 g/mol. The number of pyridine rings is 1. The smallest absolute Gasteiger partial charge is 0.337 e. The molecule has 0 saturated carbocycles. The third-order valence-electron chi connectivity index (χ3n) is 4.00. The largest absolute Gasteiger partial charge is 0.495 e. The molecule has 0 spiro atoms. The zero-order valence-electron chi connectivity index (χ0n) is 15.8. The molecule has 1 aromatic heterocycles. The highest BCUT2D eigenvalue weighted by molar-refractivity contribution is 7.92. The molecule has 10 heteroatoms. The summed E-state index contributed by atoms with van der Waals surface area (Å²) in [5.74, 6) is -0.528. The molecule has 2 N–H and O–H groups in total. The van der Waals surface area contributed by atoms with Crippen LogP contribution < -0.4 is 14.4 Å². The van der Waals surface area contributed by atoms with Gasteiger partial charge in [0.25, 0.3) is 10.0 Å². The van der Waals surface area contributed by atoms with Crippen LogP contribution >= 0.6 is 11.6 Å². The first kappa shape index (κ1) is 21.8. The number of methoxy groups -OCH3 is 1. The normalized spacial score (nSPS) is 11.1. The van der Waals surface area contributed by atoms with E-state index in [9.17, 15) is 18.3 Å². The Morgan fingerprint density at radius 2 is 2.07 bits per heavy atom. The number of hydrogen-bond acceptors (Lipinski definition) is 6. The van der Waals surface area contributed by atoms with Crippen LogP contribution in [-0.4, -0.2) is 45.2 Å². The third kappa shape index (κ3) is 5.05. The Bertz CT molecular complexity index is 966. The molecule has 0 fully saturated rings. The van der Waals surface area contributed by atoms with E-state index in [-0.39, 0.29) is 21.2 Å². The zero-order valence-corrected chi connectivity index (χ0v) is 17.3. The Labute approximate surface area is 169 Å². The number of hydrogen-bond donors (Lipinski definition) is 2. The first-order chi connectivity index (χ1) is 13.2. The molecule has 152 valence electrons. The van der Waals surface area contributed by atoms with Gasteiger partial charge in [-0.1, -0.05) is 24.9 Å². The maximum Gasteiger partial charge on any atom is 0.337 e. The Kier molecular flexibility index (Phi) is 7.09. The molecule has 0 unspecified atom stereocenters. The molecule has 28 heavy (non-hydrogen) atoms. The van der Waals surface area contributed by atoms with Gasteiger partial charge in [0.1, 0.15) is 5.75 Å². The minimum Gasteiger partial charge on any atom is -0.495 e. The van der Waals surface area contributed by atoms with Crippen LogP contribution in [0.1, 0.15) is 30.1 Å². The van der Waals surface area contributed by atoms with Crippen molar-refractivity contribution in [3.05, 3.63) is 41.0 Å². The minimum atomic E-state index is -4.03. The van der Waals surface area contributed by atoms with Gasteiger partial charge in [0, 0.05) is 19.8 Å². The number of carboxylic acid groups (broad SMARTS) is 1. The summed E-state index contributed by atoms with van der Waals surface area (Å²) in [4.78, 5) is 17.1. The molecule has 1 aromatic carbocycles. The Morgan fingerprint density at radius 3 is 2.64 bits per heavy atom. The summed E-state index contributed by atoms with van der Waals surface area (Å²) in [6, 6.07) is 5.30. The molecule has 2 rings (SSSR count). The van der Waals surface area contributed by atoms with Gasteiger partial charge in [0.2, 0.25) is 0 Å². The van der Waals surface area contributed by atoms with Crippen molar-refractivity contribution in [3.63, 3.8) is 0 Å². The lowest BCUT2D eigenvalue weighted by molar-refractivity contribution is 0.0696. The van der Waals surface area contributed by atoms with Crippen molar-refractivity contribution in [2.45, 2.75) is 24.7 Å². The van der Waals surface area contributed by atoms with E-state index in [2.05, 4.69) is 9.71 Å². The van der Waals surface area contributed by atoms with Crippen LogP contribution in [0, 0.1) is 0 Å². The lowest BCUT2D eigenvalue weighted by Crippen LogP contribution is -2.23. The van der Waals surface area contributed by atoms with Crippen LogP contribution in [0.25, 0.3) is 0 Å². The van der Waals surface area contributed by atoms with Gasteiger partial charge in [-0.3, -0.25) is 4.72 Å². The number of unbranched alkanes of at least 4 members (excludes halogenated alkanes) is 1. The summed E-state index contributed by atoms with van der Waals surface area (Å²) in [6.45, 7) is 2.67. The highest BCUT2D eigenvalue weighted by Crippen LogP contribution is 2.30. The van der Waals surface area contributed by atoms with Gasteiger partial charge in [-0.15, -0.1) is 0 Å². The van der Waals surface area contributed by atoms with E-state index < -0.39 is 16.0 Å². The predicted molar refractivity (Wildman–Crippen MR) is 108 cm³/mol. The summed E-state index contributed by atoms with van der Waals surface area (Å²) >= 11 is 6.03. The van der Waals surface area contributed by atoms with E-state index >= 15 is 0 Å². The number of aromatic nitrogens is 1. The van der Waals surface area contributed by atoms with Crippen LogP contribution in [-0.2, 0) is 10.0 Å². The second-order valence-corrected chi connectivity index (χ2v) is 8.17. The third-order valence-corrected chi connectivity index (χ3v) is 5.66. The number of anilines is 2. The molecule has 0 aliphatic rings. The fraction of sp³-hybridized carbons (Fsp3) is 0.333. The number of nitrogens with one attached hydrogen (secondary N) is 1. The summed E-state index contributed by atoms with van der Waals surface area (Å²) in [6.07, 6.45) is 3.02. The molecule has 0 saturated heterocycles. The van der Waals surface area contributed by atoms with Gasteiger partial charge in [0.15, 0.2) is 5.82 Å². The predicted octanol–water partition coefficient (Wildman–Crippen LogP) is 3.48. The van der Waals surface area contributed by atoms with E-state index in [1.165, 1.54) is 37.6 Å². The van der Waals surface area contributed by atoms with Crippen molar-refractivity contribution in [2.24, 2.45) is 0 Å². The molecule has 0 aliphatic heterocycles. The number of sulfonamides is 1. The molecule has 0 radical (unpaired) electrons. The van der Waals surface area contributed by atoms with Gasteiger partial charge in [0.05, 0.1) is 28.3 Å². The van der Waals surface area contributed by atoms with Crippen LogP contribution in [0.15, 0.2) is 35.4 Å². The van der Waals surface area contributed by atoms with E-state index in [0.29, 0.717) is 18.1 Å². The maximum atomic E-state index is 12.8. The lowest BCUT2D eigenvalue weighted by Gasteiger charge is -2.22. The van der Waals surface area contributed by atoms with Gasteiger partial charge < -0.3 is 14.7 Å². The van der Waals surface area contributed by atoms with Crippen molar-refractivity contribution < 1.29 is 23.1 Å². The molecular weight excluding hydrogens is 406 g/mol. The van der Waals surface area contributed by atoms with Crippen molar-refractivity contribution >= 4 is 39.1 Å². The average Bonchev–Trinajstić information content (AvgIpc) is 2.65.